The molecule has 5 nitrogen and oxygen atoms in total. The van der Waals surface area contributed by atoms with Crippen LogP contribution in [-0.2, 0) is 6.54 Å². The number of fused-ring (bicyclic) bond motifs is 1. The third-order valence-corrected chi connectivity index (χ3v) is 4.15. The lowest BCUT2D eigenvalue weighted by atomic mass is 10.1. The summed E-state index contributed by atoms with van der Waals surface area (Å²) >= 11 is 0. The number of nitrogen functional groups attached to an aromatic ring is 1. The van der Waals surface area contributed by atoms with E-state index in [-0.39, 0.29) is 5.56 Å². The van der Waals surface area contributed by atoms with Gasteiger partial charge in [-0.1, -0.05) is 30.3 Å². The van der Waals surface area contributed by atoms with Crippen molar-refractivity contribution in [1.82, 2.24) is 14.8 Å². The van der Waals surface area contributed by atoms with Gasteiger partial charge in [0, 0.05) is 23.3 Å². The van der Waals surface area contributed by atoms with Crippen LogP contribution in [0.2, 0.25) is 0 Å². The second kappa shape index (κ2) is 5.70. The molecule has 0 aliphatic heterocycles. The zero-order chi connectivity index (χ0) is 16.5. The molecule has 2 aromatic heterocycles. The Kier molecular flexibility index (Phi) is 3.39. The normalized spacial score (nSPS) is 11.0. The molecule has 118 valence electrons. The number of aromatic nitrogens is 3. The summed E-state index contributed by atoms with van der Waals surface area (Å²) in [4.78, 5) is 12.2. The number of nitrogens with two attached hydrogens (primary N) is 1. The lowest BCUT2D eigenvalue weighted by molar-refractivity contribution is 0.762. The Morgan fingerprint density at radius 1 is 1.04 bits per heavy atom. The first-order valence-electron chi connectivity index (χ1n) is 7.68. The number of hydrogen-bond acceptors (Lipinski definition) is 3. The first-order valence-corrected chi connectivity index (χ1v) is 7.68. The average molecular weight is 316 g/mol. The third kappa shape index (κ3) is 2.56. The number of anilines is 1. The summed E-state index contributed by atoms with van der Waals surface area (Å²) < 4.78 is 1.68. The lowest BCUT2D eigenvalue weighted by Gasteiger charge is -2.10. The molecule has 0 aliphatic carbocycles. The van der Waals surface area contributed by atoms with E-state index in [0.29, 0.717) is 12.2 Å². The molecule has 4 aromatic rings. The molecule has 0 bridgehead atoms. The van der Waals surface area contributed by atoms with Crippen LogP contribution in [0.5, 0.6) is 0 Å². The van der Waals surface area contributed by atoms with Crippen LogP contribution in [0.4, 0.5) is 5.69 Å². The summed E-state index contributed by atoms with van der Waals surface area (Å²) in [5, 5.41) is 8.07. The Bertz CT molecular complexity index is 1080. The maximum Gasteiger partial charge on any atom is 0.250 e. The van der Waals surface area contributed by atoms with Gasteiger partial charge in [-0.05, 0) is 34.9 Å². The zero-order valence-electron chi connectivity index (χ0n) is 12.9. The van der Waals surface area contributed by atoms with Crippen molar-refractivity contribution in [3.8, 4) is 11.1 Å². The molecule has 3 N–H and O–H groups in total. The molecule has 5 heteroatoms. The topological polar surface area (TPSA) is 76.7 Å². The van der Waals surface area contributed by atoms with Gasteiger partial charge in [-0.3, -0.25) is 9.89 Å². The van der Waals surface area contributed by atoms with E-state index in [1.54, 1.807) is 16.8 Å². The van der Waals surface area contributed by atoms with Crippen molar-refractivity contribution in [3.05, 3.63) is 82.9 Å². The Morgan fingerprint density at radius 3 is 2.75 bits per heavy atom. The maximum atomic E-state index is 12.2. The van der Waals surface area contributed by atoms with E-state index in [1.165, 1.54) is 0 Å². The Labute approximate surface area is 138 Å². The first kappa shape index (κ1) is 14.3. The highest BCUT2D eigenvalue weighted by Gasteiger charge is 2.06. The van der Waals surface area contributed by atoms with Crippen LogP contribution in [-0.4, -0.2) is 14.8 Å². The fourth-order valence-electron chi connectivity index (χ4n) is 2.80. The molecule has 4 rings (SSSR count). The SMILES string of the molecule is Nc1ccccc1Cn1cc(-c2ccc3cn[nH]c3c2)ccc1=O. The molecular weight excluding hydrogens is 300 g/mol. The van der Waals surface area contributed by atoms with Crippen molar-refractivity contribution < 1.29 is 0 Å². The second-order valence-electron chi connectivity index (χ2n) is 5.75. The van der Waals surface area contributed by atoms with E-state index >= 15 is 0 Å². The molecule has 0 saturated heterocycles. The summed E-state index contributed by atoms with van der Waals surface area (Å²) in [7, 11) is 0. The smallest absolute Gasteiger partial charge is 0.250 e. The Balaban J connectivity index is 1.75. The van der Waals surface area contributed by atoms with Gasteiger partial charge in [-0.25, -0.2) is 0 Å². The van der Waals surface area contributed by atoms with Crippen molar-refractivity contribution in [1.29, 1.82) is 0 Å². The van der Waals surface area contributed by atoms with E-state index in [9.17, 15) is 4.79 Å². The largest absolute Gasteiger partial charge is 0.398 e. The number of H-pyrrole nitrogens is 1. The summed E-state index contributed by atoms with van der Waals surface area (Å²) in [5.74, 6) is 0. The summed E-state index contributed by atoms with van der Waals surface area (Å²) in [6.07, 6.45) is 3.66. The summed E-state index contributed by atoms with van der Waals surface area (Å²) in [6, 6.07) is 17.1. The van der Waals surface area contributed by atoms with Crippen LogP contribution in [0.25, 0.3) is 22.0 Å². The molecular formula is C19H16N4O. The van der Waals surface area contributed by atoms with Gasteiger partial charge in [-0.2, -0.15) is 5.10 Å². The maximum absolute atomic E-state index is 12.2. The summed E-state index contributed by atoms with van der Waals surface area (Å²) in [5.41, 5.74) is 10.5. The molecule has 2 heterocycles. The number of para-hydroxylation sites is 1. The van der Waals surface area contributed by atoms with Gasteiger partial charge < -0.3 is 10.3 Å². The highest BCUT2D eigenvalue weighted by Crippen LogP contribution is 2.22. The van der Waals surface area contributed by atoms with Gasteiger partial charge in [0.2, 0.25) is 0 Å². The standard InChI is InChI=1S/C19H16N4O/c20-17-4-2-1-3-16(17)12-23-11-15(7-8-19(23)24)13-5-6-14-10-21-22-18(14)9-13/h1-11H,12,20H2,(H,21,22). The monoisotopic (exact) mass is 316 g/mol. The minimum atomic E-state index is -0.0513. The van der Waals surface area contributed by atoms with Crippen molar-refractivity contribution >= 4 is 16.6 Å². The number of nitrogens with zero attached hydrogens (tertiary/aromatic N) is 2. The average Bonchev–Trinajstić information content (AvgIpc) is 3.06. The lowest BCUT2D eigenvalue weighted by Crippen LogP contribution is -2.19. The summed E-state index contributed by atoms with van der Waals surface area (Å²) in [6.45, 7) is 0.450. The molecule has 0 radical (unpaired) electrons. The van der Waals surface area contributed by atoms with Crippen molar-refractivity contribution in [2.24, 2.45) is 0 Å². The first-order chi connectivity index (χ1) is 11.7. The van der Waals surface area contributed by atoms with Crippen LogP contribution < -0.4 is 11.3 Å². The van der Waals surface area contributed by atoms with E-state index < -0.39 is 0 Å². The fraction of sp³-hybridized carbons (Fsp3) is 0.0526. The Morgan fingerprint density at radius 2 is 1.88 bits per heavy atom. The van der Waals surface area contributed by atoms with E-state index in [4.69, 9.17) is 5.73 Å². The van der Waals surface area contributed by atoms with Gasteiger partial charge in [0.15, 0.2) is 0 Å². The Hall–Kier alpha value is -3.34. The van der Waals surface area contributed by atoms with Gasteiger partial charge in [-0.15, -0.1) is 0 Å². The third-order valence-electron chi connectivity index (χ3n) is 4.15. The number of pyridine rings is 1. The molecule has 0 aliphatic rings. The molecule has 0 spiro atoms. The number of rotatable bonds is 3. The quantitative estimate of drug-likeness (QED) is 0.570. The molecule has 0 amide bonds. The number of aromatic amines is 1. The van der Waals surface area contributed by atoms with Gasteiger partial charge >= 0.3 is 0 Å². The minimum absolute atomic E-state index is 0.0513. The van der Waals surface area contributed by atoms with Gasteiger partial charge in [0.25, 0.3) is 5.56 Å². The van der Waals surface area contributed by atoms with Crippen molar-refractivity contribution in [2.75, 3.05) is 5.73 Å². The van der Waals surface area contributed by atoms with E-state index in [0.717, 1.165) is 27.6 Å². The molecule has 2 aromatic carbocycles. The van der Waals surface area contributed by atoms with Crippen molar-refractivity contribution in [3.63, 3.8) is 0 Å². The van der Waals surface area contributed by atoms with Crippen LogP contribution in [0, 0.1) is 0 Å². The predicted octanol–water partition coefficient (Wildman–Crippen LogP) is 3.02. The highest BCUT2D eigenvalue weighted by atomic mass is 16.1. The molecule has 0 saturated carbocycles. The molecule has 0 fully saturated rings. The highest BCUT2D eigenvalue weighted by molar-refractivity contribution is 5.83. The van der Waals surface area contributed by atoms with Crippen LogP contribution >= 0.6 is 0 Å². The van der Waals surface area contributed by atoms with E-state index in [2.05, 4.69) is 10.2 Å². The molecule has 24 heavy (non-hydrogen) atoms. The predicted molar refractivity (Wildman–Crippen MR) is 95.7 cm³/mol. The van der Waals surface area contributed by atoms with Crippen LogP contribution in [0.3, 0.4) is 0 Å². The zero-order valence-corrected chi connectivity index (χ0v) is 12.9. The van der Waals surface area contributed by atoms with Crippen molar-refractivity contribution in [2.45, 2.75) is 6.54 Å². The van der Waals surface area contributed by atoms with E-state index in [1.807, 2.05) is 54.7 Å². The minimum Gasteiger partial charge on any atom is -0.398 e. The van der Waals surface area contributed by atoms with Gasteiger partial charge in [0.1, 0.15) is 0 Å². The van der Waals surface area contributed by atoms with Crippen LogP contribution in [0.1, 0.15) is 5.56 Å². The molecule has 0 unspecified atom stereocenters. The second-order valence-corrected chi connectivity index (χ2v) is 5.75. The van der Waals surface area contributed by atoms with Gasteiger partial charge in [0.05, 0.1) is 18.3 Å². The number of nitrogens with one attached hydrogen (secondary N) is 1. The number of hydrogen-bond donors (Lipinski definition) is 2. The molecule has 0 atom stereocenters. The number of benzene rings is 2. The van der Waals surface area contributed by atoms with Crippen LogP contribution in [0.15, 0.2) is 71.8 Å². The fourth-order valence-corrected chi connectivity index (χ4v) is 2.80.